The minimum atomic E-state index is -0.346. The van der Waals surface area contributed by atoms with E-state index in [1.807, 2.05) is 64.1 Å². The molecule has 176 valence electrons. The van der Waals surface area contributed by atoms with Crippen molar-refractivity contribution in [3.05, 3.63) is 64.9 Å². The van der Waals surface area contributed by atoms with Gasteiger partial charge in [0.05, 0.1) is 31.4 Å². The van der Waals surface area contributed by atoms with E-state index in [0.29, 0.717) is 30.3 Å². The van der Waals surface area contributed by atoms with E-state index < -0.39 is 0 Å². The minimum absolute atomic E-state index is 0.0245. The van der Waals surface area contributed by atoms with Crippen LogP contribution < -0.4 is 10.1 Å². The van der Waals surface area contributed by atoms with Crippen LogP contribution in [0.2, 0.25) is 0 Å². The number of ether oxygens (including phenoxy) is 2. The number of anilines is 1. The summed E-state index contributed by atoms with van der Waals surface area (Å²) in [5.41, 5.74) is 4.24. The lowest BCUT2D eigenvalue weighted by molar-refractivity contribution is -0.137. The quantitative estimate of drug-likeness (QED) is 0.519. The number of carbonyl (C=O) groups excluding carboxylic acids is 2. The number of aryl methyl sites for hydroxylation is 2. The minimum Gasteiger partial charge on any atom is -0.493 e. The molecule has 0 saturated carbocycles. The van der Waals surface area contributed by atoms with Crippen molar-refractivity contribution in [1.29, 1.82) is 0 Å². The molecule has 0 aliphatic carbocycles. The van der Waals surface area contributed by atoms with Gasteiger partial charge in [0.25, 0.3) is 11.8 Å². The summed E-state index contributed by atoms with van der Waals surface area (Å²) < 4.78 is 11.4. The molecule has 0 bridgehead atoms. The Balaban J connectivity index is 1.94. The Labute approximate surface area is 196 Å². The first-order chi connectivity index (χ1) is 15.7. The molecular formula is C27H34N2O4. The Hall–Kier alpha value is -3.12. The van der Waals surface area contributed by atoms with Gasteiger partial charge in [-0.3, -0.25) is 14.5 Å². The van der Waals surface area contributed by atoms with E-state index in [1.54, 1.807) is 0 Å². The lowest BCUT2D eigenvalue weighted by Gasteiger charge is -2.16. The molecule has 2 aromatic carbocycles. The Kier molecular flexibility index (Phi) is 7.92. The molecule has 0 saturated heterocycles. The third-order valence-electron chi connectivity index (χ3n) is 5.15. The molecule has 0 spiro atoms. The molecule has 0 aromatic heterocycles. The number of hydrogen-bond donors (Lipinski definition) is 1. The Morgan fingerprint density at radius 2 is 1.55 bits per heavy atom. The van der Waals surface area contributed by atoms with Gasteiger partial charge in [0.15, 0.2) is 0 Å². The molecule has 6 nitrogen and oxygen atoms in total. The Bertz CT molecular complexity index is 1020. The van der Waals surface area contributed by atoms with Crippen LogP contribution >= 0.6 is 0 Å². The van der Waals surface area contributed by atoms with Gasteiger partial charge in [-0.15, -0.1) is 0 Å². The summed E-state index contributed by atoms with van der Waals surface area (Å²) in [6.07, 6.45) is 0.0245. The van der Waals surface area contributed by atoms with Crippen LogP contribution in [0, 0.1) is 19.8 Å². The smallest absolute Gasteiger partial charge is 0.278 e. The van der Waals surface area contributed by atoms with Crippen LogP contribution in [0.4, 0.5) is 5.69 Å². The summed E-state index contributed by atoms with van der Waals surface area (Å²) in [6, 6.07) is 13.3. The van der Waals surface area contributed by atoms with Crippen molar-refractivity contribution >= 4 is 23.1 Å². The topological polar surface area (TPSA) is 67.9 Å². The van der Waals surface area contributed by atoms with Gasteiger partial charge in [0.1, 0.15) is 11.4 Å². The van der Waals surface area contributed by atoms with Gasteiger partial charge < -0.3 is 14.8 Å². The third-order valence-corrected chi connectivity index (χ3v) is 5.15. The fourth-order valence-electron chi connectivity index (χ4n) is 3.71. The highest BCUT2D eigenvalue weighted by Gasteiger charge is 2.39. The maximum absolute atomic E-state index is 13.3. The summed E-state index contributed by atoms with van der Waals surface area (Å²) in [6.45, 7) is 13.1. The molecule has 1 heterocycles. The summed E-state index contributed by atoms with van der Waals surface area (Å²) in [5, 5.41) is 3.23. The highest BCUT2D eigenvalue weighted by atomic mass is 16.5. The number of nitrogens with one attached hydrogen (secondary N) is 1. The molecule has 1 N–H and O–H groups in total. The van der Waals surface area contributed by atoms with Crippen molar-refractivity contribution < 1.29 is 19.1 Å². The second-order valence-corrected chi connectivity index (χ2v) is 9.16. The van der Waals surface area contributed by atoms with Gasteiger partial charge in [-0.1, -0.05) is 32.0 Å². The molecule has 0 unspecified atom stereocenters. The van der Waals surface area contributed by atoms with E-state index in [9.17, 15) is 9.59 Å². The van der Waals surface area contributed by atoms with Crippen LogP contribution in [0.5, 0.6) is 5.75 Å². The van der Waals surface area contributed by atoms with Crippen molar-refractivity contribution in [3.8, 4) is 5.75 Å². The summed E-state index contributed by atoms with van der Waals surface area (Å²) >= 11 is 0. The number of amides is 2. The van der Waals surface area contributed by atoms with E-state index in [0.717, 1.165) is 22.6 Å². The van der Waals surface area contributed by atoms with Gasteiger partial charge in [-0.05, 0) is 74.6 Å². The van der Waals surface area contributed by atoms with E-state index >= 15 is 0 Å². The zero-order chi connectivity index (χ0) is 24.1. The van der Waals surface area contributed by atoms with Crippen molar-refractivity contribution in [2.24, 2.45) is 5.92 Å². The first-order valence-electron chi connectivity index (χ1n) is 11.5. The summed E-state index contributed by atoms with van der Waals surface area (Å²) in [7, 11) is 0. The molecule has 0 atom stereocenters. The van der Waals surface area contributed by atoms with E-state index in [1.165, 1.54) is 4.90 Å². The predicted molar refractivity (Wildman–Crippen MR) is 131 cm³/mol. The van der Waals surface area contributed by atoms with Crippen LogP contribution in [-0.4, -0.2) is 42.6 Å². The van der Waals surface area contributed by atoms with E-state index in [-0.39, 0.29) is 30.2 Å². The van der Waals surface area contributed by atoms with Gasteiger partial charge in [-0.25, -0.2) is 0 Å². The maximum atomic E-state index is 13.3. The number of nitrogens with zero attached hydrogens (tertiary/aromatic N) is 1. The SMILES string of the molecule is Cc1cc(C)cc(NC2=C(c3ccc(OCC(C)C)cc3)C(=O)N(CCOC(C)C)C2=O)c1. The second-order valence-electron chi connectivity index (χ2n) is 9.16. The largest absolute Gasteiger partial charge is 0.493 e. The zero-order valence-corrected chi connectivity index (χ0v) is 20.4. The zero-order valence-electron chi connectivity index (χ0n) is 20.4. The predicted octanol–water partition coefficient (Wildman–Crippen LogP) is 4.96. The van der Waals surface area contributed by atoms with Crippen LogP contribution in [0.1, 0.15) is 44.4 Å². The number of rotatable bonds is 10. The Morgan fingerprint density at radius 3 is 2.12 bits per heavy atom. The molecule has 0 fully saturated rings. The third kappa shape index (κ3) is 6.23. The van der Waals surface area contributed by atoms with Gasteiger partial charge >= 0.3 is 0 Å². The van der Waals surface area contributed by atoms with Crippen molar-refractivity contribution in [1.82, 2.24) is 4.90 Å². The average molecular weight is 451 g/mol. The summed E-state index contributed by atoms with van der Waals surface area (Å²) in [4.78, 5) is 27.9. The molecule has 2 aromatic rings. The number of benzene rings is 2. The lowest BCUT2D eigenvalue weighted by atomic mass is 10.0. The molecule has 1 aliphatic rings. The highest BCUT2D eigenvalue weighted by molar-refractivity contribution is 6.36. The van der Waals surface area contributed by atoms with Crippen molar-refractivity contribution in [2.45, 2.75) is 47.6 Å². The van der Waals surface area contributed by atoms with Crippen molar-refractivity contribution in [3.63, 3.8) is 0 Å². The number of imide groups is 1. The van der Waals surface area contributed by atoms with Crippen LogP contribution in [-0.2, 0) is 14.3 Å². The molecular weight excluding hydrogens is 416 g/mol. The maximum Gasteiger partial charge on any atom is 0.278 e. The van der Waals surface area contributed by atoms with Crippen LogP contribution in [0.15, 0.2) is 48.2 Å². The molecule has 3 rings (SSSR count). The van der Waals surface area contributed by atoms with Crippen LogP contribution in [0.3, 0.4) is 0 Å². The van der Waals surface area contributed by atoms with Crippen molar-refractivity contribution in [2.75, 3.05) is 25.1 Å². The summed E-state index contributed by atoms with van der Waals surface area (Å²) in [5.74, 6) is 0.476. The molecule has 1 aliphatic heterocycles. The molecule has 2 amide bonds. The average Bonchev–Trinajstić information content (AvgIpc) is 2.96. The Morgan fingerprint density at radius 1 is 0.909 bits per heavy atom. The standard InChI is InChI=1S/C27H34N2O4/c1-17(2)16-33-23-9-7-21(8-10-23)24-25(28-22-14-19(5)13-20(6)15-22)27(31)29(26(24)30)11-12-32-18(3)4/h7-10,13-15,17-18,28H,11-12,16H2,1-6H3. The number of hydrogen-bond acceptors (Lipinski definition) is 5. The van der Waals surface area contributed by atoms with Gasteiger partial charge in [0, 0.05) is 5.69 Å². The van der Waals surface area contributed by atoms with Crippen LogP contribution in [0.25, 0.3) is 5.57 Å². The van der Waals surface area contributed by atoms with E-state index in [2.05, 4.69) is 25.2 Å². The second kappa shape index (κ2) is 10.7. The number of carbonyl (C=O) groups is 2. The van der Waals surface area contributed by atoms with E-state index in [4.69, 9.17) is 9.47 Å². The fourth-order valence-corrected chi connectivity index (χ4v) is 3.71. The molecule has 6 heteroatoms. The molecule has 33 heavy (non-hydrogen) atoms. The highest BCUT2D eigenvalue weighted by Crippen LogP contribution is 2.32. The lowest BCUT2D eigenvalue weighted by Crippen LogP contribution is -2.35. The van der Waals surface area contributed by atoms with Gasteiger partial charge in [-0.2, -0.15) is 0 Å². The normalized spacial score (nSPS) is 14.1. The van der Waals surface area contributed by atoms with Gasteiger partial charge in [0.2, 0.25) is 0 Å². The first-order valence-corrected chi connectivity index (χ1v) is 11.5. The monoisotopic (exact) mass is 450 g/mol. The first kappa shape index (κ1) is 24.5. The fraction of sp³-hybridized carbons (Fsp3) is 0.407. The molecule has 0 radical (unpaired) electrons.